The molecule has 43 heavy (non-hydrogen) atoms. The number of nitrogens with one attached hydrogen (secondary N) is 1. The van der Waals surface area contributed by atoms with E-state index in [9.17, 15) is 18.0 Å². The molecule has 0 fully saturated rings. The number of carbonyl (C=O) groups excluding carboxylic acids is 2. The van der Waals surface area contributed by atoms with Crippen LogP contribution in [-0.2, 0) is 32.6 Å². The van der Waals surface area contributed by atoms with Gasteiger partial charge in [-0.2, -0.15) is 0 Å². The number of sulfonamides is 1. The number of rotatable bonds is 14. The molecule has 0 heterocycles. The lowest BCUT2D eigenvalue weighted by molar-refractivity contribution is -0.142. The van der Waals surface area contributed by atoms with E-state index in [4.69, 9.17) is 16.3 Å². The first-order valence-electron chi connectivity index (χ1n) is 14.4. The van der Waals surface area contributed by atoms with Gasteiger partial charge < -0.3 is 15.0 Å². The van der Waals surface area contributed by atoms with E-state index in [0.717, 1.165) is 17.4 Å². The van der Waals surface area contributed by atoms with E-state index in [0.29, 0.717) is 29.5 Å². The van der Waals surface area contributed by atoms with Crippen LogP contribution in [0.1, 0.15) is 51.7 Å². The van der Waals surface area contributed by atoms with Crippen LogP contribution in [0.5, 0.6) is 5.75 Å². The quantitative estimate of drug-likeness (QED) is 0.242. The smallest absolute Gasteiger partial charge is 0.243 e. The Kier molecular flexibility index (Phi) is 12.0. The van der Waals surface area contributed by atoms with Crippen molar-refractivity contribution in [2.75, 3.05) is 23.7 Å². The number of hydrogen-bond acceptors (Lipinski definition) is 5. The van der Waals surface area contributed by atoms with E-state index in [1.165, 1.54) is 4.31 Å². The molecule has 0 radical (unpaired) electrons. The second-order valence-corrected chi connectivity index (χ2v) is 13.8. The third kappa shape index (κ3) is 10.9. The van der Waals surface area contributed by atoms with Crippen molar-refractivity contribution in [1.29, 1.82) is 0 Å². The van der Waals surface area contributed by atoms with Crippen LogP contribution in [0.2, 0.25) is 5.02 Å². The highest BCUT2D eigenvalue weighted by atomic mass is 35.5. The number of anilines is 1. The van der Waals surface area contributed by atoms with Crippen LogP contribution in [0.3, 0.4) is 0 Å². The molecule has 232 valence electrons. The van der Waals surface area contributed by atoms with Crippen molar-refractivity contribution in [1.82, 2.24) is 10.2 Å². The number of ether oxygens (including phenoxy) is 1. The second-order valence-electron chi connectivity index (χ2n) is 11.5. The number of nitrogens with zero attached hydrogens (tertiary/aromatic N) is 2. The summed E-state index contributed by atoms with van der Waals surface area (Å²) >= 11 is 6.11. The minimum Gasteiger partial charge on any atom is -0.494 e. The largest absolute Gasteiger partial charge is 0.494 e. The molecule has 0 spiro atoms. The van der Waals surface area contributed by atoms with E-state index in [1.807, 2.05) is 70.2 Å². The summed E-state index contributed by atoms with van der Waals surface area (Å²) in [6, 6.07) is 22.8. The van der Waals surface area contributed by atoms with E-state index in [-0.39, 0.29) is 37.7 Å². The van der Waals surface area contributed by atoms with Crippen molar-refractivity contribution in [2.45, 2.75) is 65.1 Å². The summed E-state index contributed by atoms with van der Waals surface area (Å²) in [7, 11) is -3.61. The standard InChI is InChI=1S/C33H42ClN3O5S/c1-6-42-29-20-18-28(19-21-29)37(43(5,40)41)22-10-13-31(38)36(24-26-14-16-27(34)17-15-26)30(32(39)35-33(2,3)4)23-25-11-8-7-9-12-25/h7-9,11-12,14-21,30H,6,10,13,22-24H2,1-5H3,(H,35,39). The van der Waals surface area contributed by atoms with E-state index in [2.05, 4.69) is 5.32 Å². The zero-order valence-electron chi connectivity index (χ0n) is 25.5. The average Bonchev–Trinajstić information content (AvgIpc) is 2.93. The Morgan fingerprint density at radius 1 is 0.930 bits per heavy atom. The summed E-state index contributed by atoms with van der Waals surface area (Å²) in [5.74, 6) is 0.136. The normalized spacial score (nSPS) is 12.3. The Bertz CT molecular complexity index is 1440. The molecule has 2 amide bonds. The first-order chi connectivity index (χ1) is 20.3. The van der Waals surface area contributed by atoms with Gasteiger partial charge in [0.25, 0.3) is 0 Å². The minimum atomic E-state index is -3.61. The van der Waals surface area contributed by atoms with Crippen LogP contribution in [0, 0.1) is 0 Å². The van der Waals surface area contributed by atoms with Crippen molar-refractivity contribution >= 4 is 39.1 Å². The highest BCUT2D eigenvalue weighted by molar-refractivity contribution is 7.92. The van der Waals surface area contributed by atoms with E-state index in [1.54, 1.807) is 41.3 Å². The molecule has 0 aromatic heterocycles. The minimum absolute atomic E-state index is 0.0464. The fraction of sp³-hybridized carbons (Fsp3) is 0.394. The predicted molar refractivity (Wildman–Crippen MR) is 173 cm³/mol. The zero-order chi connectivity index (χ0) is 31.6. The molecule has 3 aromatic carbocycles. The van der Waals surface area contributed by atoms with Crippen LogP contribution in [0.25, 0.3) is 0 Å². The Labute approximate surface area is 261 Å². The lowest BCUT2D eigenvalue weighted by Gasteiger charge is -2.34. The van der Waals surface area contributed by atoms with E-state index < -0.39 is 21.6 Å². The lowest BCUT2D eigenvalue weighted by Crippen LogP contribution is -2.54. The fourth-order valence-electron chi connectivity index (χ4n) is 4.67. The van der Waals surface area contributed by atoms with Crippen molar-refractivity contribution in [3.05, 3.63) is 95.0 Å². The number of halogens is 1. The van der Waals surface area contributed by atoms with Gasteiger partial charge >= 0.3 is 0 Å². The summed E-state index contributed by atoms with van der Waals surface area (Å²) in [5.41, 5.74) is 1.73. The van der Waals surface area contributed by atoms with Crippen molar-refractivity contribution in [3.8, 4) is 5.75 Å². The van der Waals surface area contributed by atoms with Gasteiger partial charge in [-0.3, -0.25) is 13.9 Å². The SMILES string of the molecule is CCOc1ccc(N(CCCC(=O)N(Cc2ccc(Cl)cc2)C(Cc2ccccc2)C(=O)NC(C)(C)C)S(C)(=O)=O)cc1. The van der Waals surface area contributed by atoms with Crippen molar-refractivity contribution < 1.29 is 22.7 Å². The molecule has 0 aliphatic carbocycles. The van der Waals surface area contributed by atoms with Crippen LogP contribution >= 0.6 is 11.6 Å². The molecule has 0 aliphatic rings. The first kappa shape index (κ1) is 33.9. The Morgan fingerprint density at radius 3 is 2.12 bits per heavy atom. The maximum Gasteiger partial charge on any atom is 0.243 e. The van der Waals surface area contributed by atoms with Crippen molar-refractivity contribution in [2.24, 2.45) is 0 Å². The molecule has 3 aromatic rings. The number of hydrogen-bond donors (Lipinski definition) is 1. The Balaban J connectivity index is 1.87. The molecule has 3 rings (SSSR count). The van der Waals surface area contributed by atoms with Gasteiger partial charge in [0.05, 0.1) is 18.6 Å². The van der Waals surface area contributed by atoms with Gasteiger partial charge in [0.2, 0.25) is 21.8 Å². The molecule has 0 saturated carbocycles. The average molecular weight is 628 g/mol. The van der Waals surface area contributed by atoms with Crippen molar-refractivity contribution in [3.63, 3.8) is 0 Å². The molecule has 0 bridgehead atoms. The number of benzene rings is 3. The van der Waals surface area contributed by atoms with Gasteiger partial charge in [-0.1, -0.05) is 54.1 Å². The topological polar surface area (TPSA) is 96.0 Å². The van der Waals surface area contributed by atoms with Crippen LogP contribution in [0.4, 0.5) is 5.69 Å². The third-order valence-electron chi connectivity index (χ3n) is 6.62. The maximum absolute atomic E-state index is 13.9. The molecule has 1 N–H and O–H groups in total. The molecule has 0 aliphatic heterocycles. The monoisotopic (exact) mass is 627 g/mol. The predicted octanol–water partition coefficient (Wildman–Crippen LogP) is 5.84. The van der Waals surface area contributed by atoms with Crippen LogP contribution < -0.4 is 14.4 Å². The number of carbonyl (C=O) groups is 2. The molecule has 1 atom stereocenters. The number of amides is 2. The Hall–Kier alpha value is -3.56. The van der Waals surface area contributed by atoms with Gasteiger partial charge in [0.15, 0.2) is 0 Å². The maximum atomic E-state index is 13.9. The second kappa shape index (κ2) is 15.3. The summed E-state index contributed by atoms with van der Waals surface area (Å²) in [6.45, 7) is 8.37. The van der Waals surface area contributed by atoms with Gasteiger partial charge in [-0.25, -0.2) is 8.42 Å². The lowest BCUT2D eigenvalue weighted by atomic mass is 10.00. The Morgan fingerprint density at radius 2 is 1.56 bits per heavy atom. The van der Waals surface area contributed by atoms with E-state index >= 15 is 0 Å². The summed E-state index contributed by atoms with van der Waals surface area (Å²) < 4.78 is 32.1. The van der Waals surface area contributed by atoms with Gasteiger partial charge in [0, 0.05) is 36.5 Å². The van der Waals surface area contributed by atoms with Crippen LogP contribution in [-0.4, -0.2) is 56.1 Å². The van der Waals surface area contributed by atoms with Crippen LogP contribution in [0.15, 0.2) is 78.9 Å². The molecular formula is C33H42ClN3O5S. The third-order valence-corrected chi connectivity index (χ3v) is 8.07. The highest BCUT2D eigenvalue weighted by Crippen LogP contribution is 2.23. The van der Waals surface area contributed by atoms with Gasteiger partial charge in [-0.05, 0) is 81.6 Å². The highest BCUT2D eigenvalue weighted by Gasteiger charge is 2.32. The molecular weight excluding hydrogens is 586 g/mol. The molecule has 10 heteroatoms. The summed E-state index contributed by atoms with van der Waals surface area (Å²) in [6.07, 6.45) is 1.77. The summed E-state index contributed by atoms with van der Waals surface area (Å²) in [5, 5.41) is 3.62. The summed E-state index contributed by atoms with van der Waals surface area (Å²) in [4.78, 5) is 29.2. The molecule has 1 unspecified atom stereocenters. The molecule has 0 saturated heterocycles. The first-order valence-corrected chi connectivity index (χ1v) is 16.6. The fourth-order valence-corrected chi connectivity index (χ4v) is 5.76. The molecule has 8 nitrogen and oxygen atoms in total. The zero-order valence-corrected chi connectivity index (χ0v) is 27.1. The van der Waals surface area contributed by atoms with Gasteiger partial charge in [-0.15, -0.1) is 0 Å². The van der Waals surface area contributed by atoms with Gasteiger partial charge in [0.1, 0.15) is 11.8 Å².